The molecular weight excluding hydrogens is 308 g/mol. The molecule has 2 fully saturated rings. The van der Waals surface area contributed by atoms with E-state index >= 15 is 0 Å². The van der Waals surface area contributed by atoms with Gasteiger partial charge in [0, 0.05) is 25.2 Å². The topological polar surface area (TPSA) is 24.5 Å². The maximum absolute atomic E-state index is 6.38. The summed E-state index contributed by atoms with van der Waals surface area (Å²) in [5.41, 5.74) is 2.45. The van der Waals surface area contributed by atoms with Crippen LogP contribution in [-0.4, -0.2) is 43.2 Å². The third-order valence-electron chi connectivity index (χ3n) is 5.50. The number of benzene rings is 2. The van der Waals surface area contributed by atoms with Crippen LogP contribution < -0.4 is 5.32 Å². The Morgan fingerprint density at radius 2 is 1.52 bits per heavy atom. The number of hydrogen-bond donors (Lipinski definition) is 1. The Bertz CT molecular complexity index is 606. The zero-order chi connectivity index (χ0) is 16.9. The van der Waals surface area contributed by atoms with Crippen LogP contribution in [0.5, 0.6) is 0 Å². The molecule has 0 amide bonds. The minimum Gasteiger partial charge on any atom is -0.367 e. The molecule has 2 aliphatic heterocycles. The fourth-order valence-electron chi connectivity index (χ4n) is 4.16. The van der Waals surface area contributed by atoms with E-state index in [0.717, 1.165) is 19.2 Å². The van der Waals surface area contributed by atoms with Gasteiger partial charge in [0.15, 0.2) is 0 Å². The highest BCUT2D eigenvalue weighted by molar-refractivity contribution is 5.29. The molecule has 2 heterocycles. The molecule has 2 bridgehead atoms. The Balaban J connectivity index is 1.38. The van der Waals surface area contributed by atoms with Crippen molar-refractivity contribution in [2.75, 3.05) is 26.2 Å². The van der Waals surface area contributed by atoms with Crippen LogP contribution >= 0.6 is 0 Å². The lowest BCUT2D eigenvalue weighted by atomic mass is 10.0. The zero-order valence-electron chi connectivity index (χ0n) is 14.8. The van der Waals surface area contributed by atoms with E-state index in [4.69, 9.17) is 4.74 Å². The SMILES string of the molecule is c1ccc(C(OCCN2CC[C@H]3CC[C@@H](C2)N3)c2ccccc2)cc1. The summed E-state index contributed by atoms with van der Waals surface area (Å²) in [6.45, 7) is 4.15. The fraction of sp³-hybridized carbons (Fsp3) is 0.455. The van der Waals surface area contributed by atoms with E-state index in [-0.39, 0.29) is 6.10 Å². The van der Waals surface area contributed by atoms with Crippen molar-refractivity contribution in [2.24, 2.45) is 0 Å². The summed E-state index contributed by atoms with van der Waals surface area (Å²) in [5, 5.41) is 3.75. The second-order valence-electron chi connectivity index (χ2n) is 7.30. The molecule has 3 heteroatoms. The summed E-state index contributed by atoms with van der Waals surface area (Å²) in [5.74, 6) is 0. The van der Waals surface area contributed by atoms with Gasteiger partial charge in [-0.2, -0.15) is 0 Å². The zero-order valence-corrected chi connectivity index (χ0v) is 14.8. The average Bonchev–Trinajstić information content (AvgIpc) is 3.01. The van der Waals surface area contributed by atoms with Crippen molar-refractivity contribution in [3.63, 3.8) is 0 Å². The Hall–Kier alpha value is -1.68. The number of fused-ring (bicyclic) bond motifs is 2. The lowest BCUT2D eigenvalue weighted by Gasteiger charge is -2.25. The van der Waals surface area contributed by atoms with Gasteiger partial charge in [0.05, 0.1) is 6.61 Å². The van der Waals surface area contributed by atoms with E-state index in [9.17, 15) is 0 Å². The van der Waals surface area contributed by atoms with E-state index < -0.39 is 0 Å². The quantitative estimate of drug-likeness (QED) is 0.872. The number of hydrogen-bond acceptors (Lipinski definition) is 3. The third kappa shape index (κ3) is 4.30. The molecule has 2 aliphatic rings. The van der Waals surface area contributed by atoms with Crippen LogP contribution in [-0.2, 0) is 4.74 Å². The second kappa shape index (κ2) is 8.13. The molecule has 25 heavy (non-hydrogen) atoms. The van der Waals surface area contributed by atoms with Gasteiger partial charge in [-0.15, -0.1) is 0 Å². The molecule has 0 unspecified atom stereocenters. The van der Waals surface area contributed by atoms with Crippen LogP contribution in [0.1, 0.15) is 36.5 Å². The highest BCUT2D eigenvalue weighted by Gasteiger charge is 2.29. The number of ether oxygens (including phenoxy) is 1. The lowest BCUT2D eigenvalue weighted by molar-refractivity contribution is 0.0588. The predicted molar refractivity (Wildman–Crippen MR) is 102 cm³/mol. The Morgan fingerprint density at radius 3 is 2.20 bits per heavy atom. The first-order valence-electron chi connectivity index (χ1n) is 9.58. The van der Waals surface area contributed by atoms with Crippen molar-refractivity contribution in [1.29, 1.82) is 0 Å². The monoisotopic (exact) mass is 336 g/mol. The van der Waals surface area contributed by atoms with Crippen LogP contribution in [0.3, 0.4) is 0 Å². The molecule has 2 aromatic carbocycles. The molecule has 3 nitrogen and oxygen atoms in total. The lowest BCUT2D eigenvalue weighted by Crippen LogP contribution is -2.37. The van der Waals surface area contributed by atoms with E-state index in [0.29, 0.717) is 6.04 Å². The average molecular weight is 336 g/mol. The molecule has 0 saturated carbocycles. The molecule has 4 rings (SSSR count). The molecule has 0 aliphatic carbocycles. The van der Waals surface area contributed by atoms with Crippen molar-refractivity contribution >= 4 is 0 Å². The molecule has 0 radical (unpaired) electrons. The van der Waals surface area contributed by atoms with Crippen molar-refractivity contribution in [2.45, 2.75) is 37.5 Å². The van der Waals surface area contributed by atoms with Gasteiger partial charge in [0.25, 0.3) is 0 Å². The summed E-state index contributed by atoms with van der Waals surface area (Å²) in [6, 6.07) is 22.5. The van der Waals surface area contributed by atoms with Gasteiger partial charge in [-0.25, -0.2) is 0 Å². The van der Waals surface area contributed by atoms with Crippen molar-refractivity contribution in [3.8, 4) is 0 Å². The minimum atomic E-state index is 0.0176. The summed E-state index contributed by atoms with van der Waals surface area (Å²) in [6.07, 6.45) is 3.98. The third-order valence-corrected chi connectivity index (χ3v) is 5.50. The maximum Gasteiger partial charge on any atom is 0.108 e. The van der Waals surface area contributed by atoms with Gasteiger partial charge in [-0.3, -0.25) is 4.90 Å². The molecule has 2 aromatic rings. The first kappa shape index (κ1) is 16.8. The second-order valence-corrected chi connectivity index (χ2v) is 7.30. The summed E-state index contributed by atoms with van der Waals surface area (Å²) < 4.78 is 6.38. The molecule has 1 N–H and O–H groups in total. The molecule has 2 saturated heterocycles. The van der Waals surface area contributed by atoms with Crippen LogP contribution in [0, 0.1) is 0 Å². The minimum absolute atomic E-state index is 0.0176. The number of nitrogens with one attached hydrogen (secondary N) is 1. The van der Waals surface area contributed by atoms with E-state index in [1.54, 1.807) is 0 Å². The molecule has 132 valence electrons. The smallest absolute Gasteiger partial charge is 0.108 e. The molecule has 0 spiro atoms. The maximum atomic E-state index is 6.38. The van der Waals surface area contributed by atoms with Gasteiger partial charge in [0.2, 0.25) is 0 Å². The van der Waals surface area contributed by atoms with Gasteiger partial charge >= 0.3 is 0 Å². The van der Waals surface area contributed by atoms with Crippen LogP contribution in [0.15, 0.2) is 60.7 Å². The van der Waals surface area contributed by atoms with E-state index in [1.165, 1.54) is 43.5 Å². The molecule has 0 aromatic heterocycles. The molecular formula is C22H28N2O. The normalized spacial score (nSPS) is 23.7. The van der Waals surface area contributed by atoms with Gasteiger partial charge < -0.3 is 10.1 Å². The first-order valence-corrected chi connectivity index (χ1v) is 9.58. The van der Waals surface area contributed by atoms with Crippen molar-refractivity contribution in [3.05, 3.63) is 71.8 Å². The summed E-state index contributed by atoms with van der Waals surface area (Å²) in [7, 11) is 0. The van der Waals surface area contributed by atoms with Crippen molar-refractivity contribution in [1.82, 2.24) is 10.2 Å². The largest absolute Gasteiger partial charge is 0.367 e. The van der Waals surface area contributed by atoms with Crippen LogP contribution in [0.2, 0.25) is 0 Å². The summed E-state index contributed by atoms with van der Waals surface area (Å²) in [4.78, 5) is 2.57. The molecule has 2 atom stereocenters. The van der Waals surface area contributed by atoms with Gasteiger partial charge in [-0.1, -0.05) is 60.7 Å². The Labute approximate surface area is 151 Å². The first-order chi connectivity index (χ1) is 12.4. The Kier molecular flexibility index (Phi) is 5.46. The van der Waals surface area contributed by atoms with Gasteiger partial charge in [0.1, 0.15) is 6.10 Å². The van der Waals surface area contributed by atoms with Crippen LogP contribution in [0.25, 0.3) is 0 Å². The predicted octanol–water partition coefficient (Wildman–Crippen LogP) is 3.62. The standard InChI is InChI=1S/C22H28N2O/c1-3-7-18(8-4-1)22(19-9-5-2-6-10-19)25-16-15-24-14-13-20-11-12-21(17-24)23-20/h1-10,20-23H,11-17H2/t20-,21+/m1/s1. The Morgan fingerprint density at radius 1 is 0.880 bits per heavy atom. The number of likely N-dealkylation sites (tertiary alicyclic amines) is 1. The van der Waals surface area contributed by atoms with E-state index in [2.05, 4.69) is 70.9 Å². The highest BCUT2D eigenvalue weighted by atomic mass is 16.5. The van der Waals surface area contributed by atoms with E-state index in [1.807, 2.05) is 0 Å². The summed E-state index contributed by atoms with van der Waals surface area (Å²) >= 11 is 0. The number of rotatable bonds is 6. The number of nitrogens with zero attached hydrogens (tertiary/aromatic N) is 1. The highest BCUT2D eigenvalue weighted by Crippen LogP contribution is 2.26. The fourth-order valence-corrected chi connectivity index (χ4v) is 4.16. The van der Waals surface area contributed by atoms with Gasteiger partial charge in [-0.05, 0) is 36.9 Å². The van der Waals surface area contributed by atoms with Crippen LogP contribution in [0.4, 0.5) is 0 Å². The van der Waals surface area contributed by atoms with Crippen molar-refractivity contribution < 1.29 is 4.74 Å².